The normalized spacial score (nSPS) is 10.9. The average Bonchev–Trinajstić information content (AvgIpc) is 2.89. The Balaban J connectivity index is 1.63. The minimum Gasteiger partial charge on any atom is -0.330 e. The molecule has 180 valence electrons. The molecule has 0 saturated carbocycles. The van der Waals surface area contributed by atoms with Gasteiger partial charge in [0.1, 0.15) is 0 Å². The topological polar surface area (TPSA) is 90.3 Å². The number of carbonyl (C=O) groups is 1. The van der Waals surface area contributed by atoms with E-state index >= 15 is 0 Å². The molecule has 0 bridgehead atoms. The summed E-state index contributed by atoms with van der Waals surface area (Å²) >= 11 is 0. The zero-order valence-corrected chi connectivity index (χ0v) is 20.6. The molecule has 0 atom stereocenters. The fourth-order valence-corrected chi connectivity index (χ4v) is 5.01. The van der Waals surface area contributed by atoms with Crippen molar-refractivity contribution in [2.45, 2.75) is 24.9 Å². The molecule has 4 aromatic carbocycles. The van der Waals surface area contributed by atoms with Crippen LogP contribution in [0.15, 0.2) is 108 Å². The smallest absolute Gasteiger partial charge is 0.270 e. The van der Waals surface area contributed by atoms with E-state index in [9.17, 15) is 13.2 Å². The van der Waals surface area contributed by atoms with E-state index in [4.69, 9.17) is 5.26 Å². The number of carbonyl (C=O) groups excluding carboxylic acids is 1. The van der Waals surface area contributed by atoms with Crippen molar-refractivity contribution in [3.8, 4) is 17.3 Å². The quantitative estimate of drug-likeness (QED) is 0.267. The van der Waals surface area contributed by atoms with Gasteiger partial charge < -0.3 is 4.90 Å². The molecule has 7 heteroatoms. The van der Waals surface area contributed by atoms with Crippen LogP contribution in [0.4, 0.5) is 0 Å². The van der Waals surface area contributed by atoms with Gasteiger partial charge in [0, 0.05) is 24.2 Å². The minimum atomic E-state index is -3.96. The van der Waals surface area contributed by atoms with Gasteiger partial charge in [-0.15, -0.1) is 0 Å². The Morgan fingerprint density at radius 2 is 1.39 bits per heavy atom. The number of amides is 1. The van der Waals surface area contributed by atoms with E-state index < -0.39 is 10.0 Å². The molecule has 0 aromatic heterocycles. The van der Waals surface area contributed by atoms with Gasteiger partial charge in [0.05, 0.1) is 4.90 Å². The number of aryl methyl sites for hydroxylation is 1. The molecule has 0 saturated heterocycles. The summed E-state index contributed by atoms with van der Waals surface area (Å²) in [7, 11) is -3.96. The standard InChI is InChI=1S/C29H25N3O3S/c1-22-9-5-6-12-26(22)29(33)32(19-23-10-3-2-4-11-23)20-24-15-17-25(18-16-24)27-13-7-8-14-28(27)36(34,35)31-21-30/h2-18,31H,19-20H2,1H3. The molecule has 0 unspecified atom stereocenters. The van der Waals surface area contributed by atoms with Gasteiger partial charge in [-0.3, -0.25) is 4.79 Å². The lowest BCUT2D eigenvalue weighted by atomic mass is 10.0. The van der Waals surface area contributed by atoms with Gasteiger partial charge >= 0.3 is 0 Å². The molecular formula is C29H25N3O3S. The third kappa shape index (κ3) is 5.62. The van der Waals surface area contributed by atoms with Crippen LogP contribution in [0.3, 0.4) is 0 Å². The van der Waals surface area contributed by atoms with Crippen LogP contribution in [-0.4, -0.2) is 19.2 Å². The molecule has 6 nitrogen and oxygen atoms in total. The van der Waals surface area contributed by atoms with Gasteiger partial charge in [-0.1, -0.05) is 91.0 Å². The third-order valence-corrected chi connectivity index (χ3v) is 7.17. The molecule has 36 heavy (non-hydrogen) atoms. The van der Waals surface area contributed by atoms with Crippen molar-refractivity contribution in [3.63, 3.8) is 0 Å². The first-order valence-electron chi connectivity index (χ1n) is 11.4. The van der Waals surface area contributed by atoms with Crippen LogP contribution in [0.25, 0.3) is 11.1 Å². The van der Waals surface area contributed by atoms with Crippen molar-refractivity contribution in [2.75, 3.05) is 0 Å². The first kappa shape index (κ1) is 24.7. The molecule has 1 amide bonds. The highest BCUT2D eigenvalue weighted by Crippen LogP contribution is 2.28. The molecule has 0 radical (unpaired) electrons. The van der Waals surface area contributed by atoms with Crippen molar-refractivity contribution < 1.29 is 13.2 Å². The summed E-state index contributed by atoms with van der Waals surface area (Å²) in [5.74, 6) is -0.0555. The lowest BCUT2D eigenvalue weighted by Crippen LogP contribution is -2.30. The summed E-state index contributed by atoms with van der Waals surface area (Å²) in [4.78, 5) is 15.3. The Kier molecular flexibility index (Phi) is 7.47. The van der Waals surface area contributed by atoms with E-state index in [-0.39, 0.29) is 10.8 Å². The molecule has 0 aliphatic carbocycles. The van der Waals surface area contributed by atoms with Crippen molar-refractivity contribution >= 4 is 15.9 Å². The summed E-state index contributed by atoms with van der Waals surface area (Å²) in [6.45, 7) is 2.77. The highest BCUT2D eigenvalue weighted by molar-refractivity contribution is 7.89. The highest BCUT2D eigenvalue weighted by Gasteiger charge is 2.20. The molecule has 0 fully saturated rings. The Hall–Kier alpha value is -4.41. The Labute approximate surface area is 211 Å². The van der Waals surface area contributed by atoms with Gasteiger partial charge in [-0.05, 0) is 41.3 Å². The Morgan fingerprint density at radius 3 is 2.06 bits per heavy atom. The highest BCUT2D eigenvalue weighted by atomic mass is 32.2. The molecule has 0 aliphatic heterocycles. The SMILES string of the molecule is Cc1ccccc1C(=O)N(Cc1ccccc1)Cc1ccc(-c2ccccc2S(=O)(=O)NC#N)cc1. The average molecular weight is 496 g/mol. The lowest BCUT2D eigenvalue weighted by molar-refractivity contribution is 0.0729. The Bertz CT molecular complexity index is 1510. The molecular weight excluding hydrogens is 470 g/mol. The first-order valence-corrected chi connectivity index (χ1v) is 12.9. The van der Waals surface area contributed by atoms with Crippen molar-refractivity contribution in [2.24, 2.45) is 0 Å². The number of nitrogens with zero attached hydrogens (tertiary/aromatic N) is 2. The van der Waals surface area contributed by atoms with Gasteiger partial charge in [0.25, 0.3) is 15.9 Å². The van der Waals surface area contributed by atoms with Crippen molar-refractivity contribution in [1.82, 2.24) is 9.62 Å². The van der Waals surface area contributed by atoms with Gasteiger partial charge in [0.15, 0.2) is 6.19 Å². The zero-order chi connectivity index (χ0) is 25.5. The number of hydrogen-bond acceptors (Lipinski definition) is 4. The summed E-state index contributed by atoms with van der Waals surface area (Å²) < 4.78 is 26.8. The van der Waals surface area contributed by atoms with E-state index in [0.717, 1.165) is 16.7 Å². The molecule has 4 aromatic rings. The summed E-state index contributed by atoms with van der Waals surface area (Å²) in [6, 6.07) is 31.3. The van der Waals surface area contributed by atoms with Crippen LogP contribution in [0.5, 0.6) is 0 Å². The number of benzene rings is 4. The second kappa shape index (κ2) is 10.9. The molecule has 0 spiro atoms. The number of hydrogen-bond donors (Lipinski definition) is 1. The molecule has 0 heterocycles. The first-order chi connectivity index (χ1) is 17.4. The van der Waals surface area contributed by atoms with Crippen molar-refractivity contribution in [3.05, 3.63) is 125 Å². The number of rotatable bonds is 8. The van der Waals surface area contributed by atoms with Gasteiger partial charge in [-0.2, -0.15) is 5.26 Å². The lowest BCUT2D eigenvalue weighted by Gasteiger charge is -2.24. The largest absolute Gasteiger partial charge is 0.330 e. The maximum Gasteiger partial charge on any atom is 0.270 e. The van der Waals surface area contributed by atoms with E-state index in [1.807, 2.05) is 95.4 Å². The second-order valence-corrected chi connectivity index (χ2v) is 10.0. The minimum absolute atomic E-state index is 0.0275. The van der Waals surface area contributed by atoms with Crippen LogP contribution in [0.1, 0.15) is 27.0 Å². The zero-order valence-electron chi connectivity index (χ0n) is 19.8. The van der Waals surface area contributed by atoms with Crippen LogP contribution in [0.2, 0.25) is 0 Å². The van der Waals surface area contributed by atoms with Crippen LogP contribution >= 0.6 is 0 Å². The van der Waals surface area contributed by atoms with Crippen LogP contribution < -0.4 is 4.72 Å². The number of nitrogens with one attached hydrogen (secondary N) is 1. The molecule has 0 aliphatic rings. The van der Waals surface area contributed by atoms with E-state index in [1.54, 1.807) is 18.2 Å². The Morgan fingerprint density at radius 1 is 0.806 bits per heavy atom. The third-order valence-electron chi connectivity index (χ3n) is 5.87. The predicted octanol–water partition coefficient (Wildman–Crippen LogP) is 5.26. The predicted molar refractivity (Wildman–Crippen MR) is 139 cm³/mol. The number of nitriles is 1. The van der Waals surface area contributed by atoms with Crippen LogP contribution in [0, 0.1) is 18.4 Å². The maximum absolute atomic E-state index is 13.5. The monoisotopic (exact) mass is 495 g/mol. The summed E-state index contributed by atoms with van der Waals surface area (Å²) in [5.41, 5.74) is 4.70. The summed E-state index contributed by atoms with van der Waals surface area (Å²) in [5, 5.41) is 8.82. The van der Waals surface area contributed by atoms with Gasteiger partial charge in [0.2, 0.25) is 0 Å². The van der Waals surface area contributed by atoms with E-state index in [1.165, 1.54) is 12.3 Å². The van der Waals surface area contributed by atoms with Crippen LogP contribution in [-0.2, 0) is 23.1 Å². The van der Waals surface area contributed by atoms with E-state index in [2.05, 4.69) is 0 Å². The maximum atomic E-state index is 13.5. The number of sulfonamides is 1. The fraction of sp³-hybridized carbons (Fsp3) is 0.103. The summed E-state index contributed by atoms with van der Waals surface area (Å²) in [6.07, 6.45) is 1.49. The molecule has 4 rings (SSSR count). The second-order valence-electron chi connectivity index (χ2n) is 8.37. The van der Waals surface area contributed by atoms with Gasteiger partial charge in [-0.25, -0.2) is 13.1 Å². The van der Waals surface area contributed by atoms with Crippen molar-refractivity contribution in [1.29, 1.82) is 5.26 Å². The molecule has 1 N–H and O–H groups in total. The fourth-order valence-electron chi connectivity index (χ4n) is 4.05. The van der Waals surface area contributed by atoms with E-state index in [0.29, 0.717) is 29.8 Å².